The van der Waals surface area contributed by atoms with Crippen molar-refractivity contribution >= 4 is 40.8 Å². The number of aryl methyl sites for hydroxylation is 1. The third kappa shape index (κ3) is 5.03. The van der Waals surface area contributed by atoms with Gasteiger partial charge in [-0.05, 0) is 32.9 Å². The predicted octanol–water partition coefficient (Wildman–Crippen LogP) is 3.16. The molecule has 1 heterocycles. The summed E-state index contributed by atoms with van der Waals surface area (Å²) < 4.78 is 5.14. The Bertz CT molecular complexity index is 820. The zero-order valence-corrected chi connectivity index (χ0v) is 16.0. The van der Waals surface area contributed by atoms with Crippen molar-refractivity contribution in [3.63, 3.8) is 0 Å². The zero-order chi connectivity index (χ0) is 19.3. The van der Waals surface area contributed by atoms with Crippen LogP contribution in [0, 0.1) is 6.92 Å². The van der Waals surface area contributed by atoms with Gasteiger partial charge in [-0.2, -0.15) is 0 Å². The van der Waals surface area contributed by atoms with Crippen LogP contribution in [0.2, 0.25) is 5.02 Å². The highest BCUT2D eigenvalue weighted by atomic mass is 35.5. The Balaban J connectivity index is 2.06. The third-order valence-corrected chi connectivity index (χ3v) is 4.74. The fraction of sp³-hybridized carbons (Fsp3) is 0.294. The van der Waals surface area contributed by atoms with Crippen LogP contribution in [-0.4, -0.2) is 35.5 Å². The summed E-state index contributed by atoms with van der Waals surface area (Å²) >= 11 is 7.03. The summed E-state index contributed by atoms with van der Waals surface area (Å²) in [5, 5.41) is 5.77. The number of esters is 1. The smallest absolute Gasteiger partial charge is 0.351 e. The van der Waals surface area contributed by atoms with E-state index in [0.29, 0.717) is 27.1 Å². The summed E-state index contributed by atoms with van der Waals surface area (Å²) in [5.41, 5.74) is 1.32. The molecule has 3 amide bonds. The Labute approximate surface area is 159 Å². The lowest BCUT2D eigenvalue weighted by Gasteiger charge is -2.12. The zero-order valence-electron chi connectivity index (χ0n) is 14.5. The Morgan fingerprint density at radius 1 is 1.27 bits per heavy atom. The quantitative estimate of drug-likeness (QED) is 0.758. The predicted molar refractivity (Wildman–Crippen MR) is 99.4 cm³/mol. The van der Waals surface area contributed by atoms with E-state index in [2.05, 4.69) is 15.6 Å². The van der Waals surface area contributed by atoms with Crippen LogP contribution in [0.15, 0.2) is 24.3 Å². The van der Waals surface area contributed by atoms with Gasteiger partial charge in [-0.25, -0.2) is 14.6 Å². The molecule has 0 spiro atoms. The Morgan fingerprint density at radius 3 is 2.54 bits per heavy atom. The minimum absolute atomic E-state index is 0.299. The van der Waals surface area contributed by atoms with E-state index in [9.17, 15) is 14.4 Å². The van der Waals surface area contributed by atoms with Gasteiger partial charge < -0.3 is 10.1 Å². The second-order valence-electron chi connectivity index (χ2n) is 5.34. The van der Waals surface area contributed by atoms with E-state index >= 15 is 0 Å². The van der Waals surface area contributed by atoms with Crippen LogP contribution >= 0.6 is 22.9 Å². The van der Waals surface area contributed by atoms with Crippen LogP contribution in [-0.2, 0) is 9.53 Å². The number of urea groups is 1. The second kappa shape index (κ2) is 8.77. The van der Waals surface area contributed by atoms with Gasteiger partial charge in [-0.3, -0.25) is 10.1 Å². The summed E-state index contributed by atoms with van der Waals surface area (Å²) in [6, 6.07) is 6.44. The number of aromatic nitrogens is 1. The average Bonchev–Trinajstić information content (AvgIpc) is 2.97. The van der Waals surface area contributed by atoms with Gasteiger partial charge in [0.1, 0.15) is 9.88 Å². The molecule has 0 fully saturated rings. The van der Waals surface area contributed by atoms with E-state index in [-0.39, 0.29) is 0 Å². The normalized spacial score (nSPS) is 11.5. The molecule has 0 aliphatic carbocycles. The molecule has 0 radical (unpaired) electrons. The van der Waals surface area contributed by atoms with Gasteiger partial charge in [0, 0.05) is 17.1 Å². The summed E-state index contributed by atoms with van der Waals surface area (Å²) in [7, 11) is 0. The van der Waals surface area contributed by atoms with Crippen molar-refractivity contribution in [3.05, 3.63) is 39.9 Å². The minimum atomic E-state index is -1.12. The first-order valence-electron chi connectivity index (χ1n) is 7.84. The van der Waals surface area contributed by atoms with E-state index in [1.807, 2.05) is 0 Å². The minimum Gasteiger partial charge on any atom is -0.448 e. The van der Waals surface area contributed by atoms with Crippen molar-refractivity contribution in [2.45, 2.75) is 26.9 Å². The Morgan fingerprint density at radius 2 is 1.92 bits per heavy atom. The lowest BCUT2D eigenvalue weighted by Crippen LogP contribution is -2.44. The van der Waals surface area contributed by atoms with Gasteiger partial charge in [0.25, 0.3) is 5.91 Å². The molecule has 9 heteroatoms. The first-order valence-corrected chi connectivity index (χ1v) is 9.04. The average molecular weight is 396 g/mol. The lowest BCUT2D eigenvalue weighted by atomic mass is 10.2. The van der Waals surface area contributed by atoms with Gasteiger partial charge in [0.2, 0.25) is 0 Å². The van der Waals surface area contributed by atoms with E-state index in [1.165, 1.54) is 6.92 Å². The molecule has 7 nitrogen and oxygen atoms in total. The molecular formula is C17H18ClN3O4S. The van der Waals surface area contributed by atoms with Crippen molar-refractivity contribution in [2.24, 2.45) is 0 Å². The molecular weight excluding hydrogens is 378 g/mol. The molecule has 0 saturated carbocycles. The van der Waals surface area contributed by atoms with Gasteiger partial charge >= 0.3 is 12.0 Å². The molecule has 0 unspecified atom stereocenters. The van der Waals surface area contributed by atoms with Gasteiger partial charge in [-0.1, -0.05) is 23.7 Å². The van der Waals surface area contributed by atoms with Gasteiger partial charge in [-0.15, -0.1) is 11.3 Å². The SMILES string of the molecule is CCNC(=O)NC(=O)[C@H](C)OC(=O)c1sc(-c2ccc(Cl)cc2)nc1C. The molecule has 0 bridgehead atoms. The summed E-state index contributed by atoms with van der Waals surface area (Å²) in [4.78, 5) is 40.2. The number of ether oxygens (including phenoxy) is 1. The second-order valence-corrected chi connectivity index (χ2v) is 6.77. The summed E-state index contributed by atoms with van der Waals surface area (Å²) in [5.74, 6) is -1.37. The number of halogens is 1. The molecule has 0 aliphatic heterocycles. The van der Waals surface area contributed by atoms with Crippen LogP contribution in [0.5, 0.6) is 0 Å². The number of nitrogens with one attached hydrogen (secondary N) is 2. The number of thiazole rings is 1. The number of imide groups is 1. The van der Waals surface area contributed by atoms with Crippen LogP contribution in [0.25, 0.3) is 10.6 Å². The highest BCUT2D eigenvalue weighted by Crippen LogP contribution is 2.29. The molecule has 2 N–H and O–H groups in total. The molecule has 1 aromatic heterocycles. The van der Waals surface area contributed by atoms with Crippen molar-refractivity contribution in [1.82, 2.24) is 15.6 Å². The van der Waals surface area contributed by atoms with E-state index < -0.39 is 24.0 Å². The van der Waals surface area contributed by atoms with Crippen molar-refractivity contribution in [2.75, 3.05) is 6.54 Å². The van der Waals surface area contributed by atoms with Crippen LogP contribution < -0.4 is 10.6 Å². The maximum atomic E-state index is 12.3. The number of carbonyl (C=O) groups is 3. The largest absolute Gasteiger partial charge is 0.448 e. The van der Waals surface area contributed by atoms with Crippen molar-refractivity contribution in [1.29, 1.82) is 0 Å². The number of hydrogen-bond donors (Lipinski definition) is 2. The lowest BCUT2D eigenvalue weighted by molar-refractivity contribution is -0.127. The number of carbonyl (C=O) groups excluding carboxylic acids is 3. The maximum Gasteiger partial charge on any atom is 0.351 e. The number of benzene rings is 1. The fourth-order valence-corrected chi connectivity index (χ4v) is 3.07. The fourth-order valence-electron chi connectivity index (χ4n) is 1.99. The maximum absolute atomic E-state index is 12.3. The number of amides is 3. The number of rotatable bonds is 5. The topological polar surface area (TPSA) is 97.4 Å². The molecule has 138 valence electrons. The standard InChI is InChI=1S/C17H18ClN3O4S/c1-4-19-17(24)21-14(22)10(3)25-16(23)13-9(2)20-15(26-13)11-5-7-12(18)8-6-11/h5-8,10H,4H2,1-3H3,(H2,19,21,22,24)/t10-/m0/s1. The molecule has 1 aromatic carbocycles. The molecule has 0 saturated heterocycles. The molecule has 1 atom stereocenters. The summed E-state index contributed by atoms with van der Waals surface area (Å²) in [6.07, 6.45) is -1.12. The first kappa shape index (κ1) is 19.9. The summed E-state index contributed by atoms with van der Waals surface area (Å²) in [6.45, 7) is 5.17. The van der Waals surface area contributed by atoms with Crippen LogP contribution in [0.4, 0.5) is 4.79 Å². The van der Waals surface area contributed by atoms with Crippen molar-refractivity contribution < 1.29 is 19.1 Å². The van der Waals surface area contributed by atoms with Gasteiger partial charge in [0.15, 0.2) is 6.10 Å². The van der Waals surface area contributed by atoms with Crippen LogP contribution in [0.3, 0.4) is 0 Å². The molecule has 26 heavy (non-hydrogen) atoms. The van der Waals surface area contributed by atoms with E-state index in [4.69, 9.17) is 16.3 Å². The Kier molecular flexibility index (Phi) is 6.70. The monoisotopic (exact) mass is 395 g/mol. The molecule has 0 aliphatic rings. The van der Waals surface area contributed by atoms with E-state index in [1.54, 1.807) is 38.1 Å². The van der Waals surface area contributed by atoms with Gasteiger partial charge in [0.05, 0.1) is 5.69 Å². The first-order chi connectivity index (χ1) is 12.3. The highest BCUT2D eigenvalue weighted by Gasteiger charge is 2.24. The Hall–Kier alpha value is -2.45. The molecule has 2 aromatic rings. The van der Waals surface area contributed by atoms with E-state index in [0.717, 1.165) is 16.9 Å². The highest BCUT2D eigenvalue weighted by molar-refractivity contribution is 7.17. The third-order valence-electron chi connectivity index (χ3n) is 3.30. The number of hydrogen-bond acceptors (Lipinski definition) is 6. The molecule has 2 rings (SSSR count). The van der Waals surface area contributed by atoms with Crippen molar-refractivity contribution in [3.8, 4) is 10.6 Å². The van der Waals surface area contributed by atoms with Crippen LogP contribution in [0.1, 0.15) is 29.2 Å². The number of nitrogens with zero attached hydrogens (tertiary/aromatic N) is 1.